The topological polar surface area (TPSA) is 90.0 Å². The molecule has 38 heavy (non-hydrogen) atoms. The van der Waals surface area contributed by atoms with Gasteiger partial charge in [-0.1, -0.05) is 63.2 Å². The molecule has 1 saturated heterocycles. The Balaban J connectivity index is 1.37. The zero-order valence-corrected chi connectivity index (χ0v) is 23.7. The van der Waals surface area contributed by atoms with E-state index in [0.29, 0.717) is 26.2 Å². The van der Waals surface area contributed by atoms with Crippen molar-refractivity contribution < 1.29 is 18.3 Å². The highest BCUT2D eigenvalue weighted by atomic mass is 32.2. The minimum absolute atomic E-state index is 0.0594. The minimum Gasteiger partial charge on any atom is -0.478 e. The number of hydrogen-bond acceptors (Lipinski definition) is 5. The maximum absolute atomic E-state index is 13.1. The average Bonchev–Trinajstić information content (AvgIpc) is 2.89. The first-order chi connectivity index (χ1) is 18.0. The fourth-order valence-corrected chi connectivity index (χ4v) is 6.54. The largest absolute Gasteiger partial charge is 0.478 e. The minimum atomic E-state index is -3.90. The molecule has 0 unspecified atom stereocenters. The Morgan fingerprint density at radius 3 is 2.21 bits per heavy atom. The summed E-state index contributed by atoms with van der Waals surface area (Å²) in [7, 11) is -3.90. The van der Waals surface area contributed by atoms with Crippen LogP contribution in [0, 0.1) is 0 Å². The third kappa shape index (κ3) is 7.09. The van der Waals surface area contributed by atoms with E-state index in [4.69, 9.17) is 0 Å². The first kappa shape index (κ1) is 28.0. The number of carboxylic acids is 1. The van der Waals surface area contributed by atoms with Crippen LogP contribution in [-0.4, -0.2) is 55.7 Å². The normalized spacial score (nSPS) is 14.9. The number of thioether (sulfide) groups is 1. The van der Waals surface area contributed by atoms with E-state index in [2.05, 4.69) is 66.8 Å². The number of nitrogens with one attached hydrogen (secondary N) is 1. The molecule has 3 aromatic rings. The number of aryl methyl sites for hydroxylation is 1. The highest BCUT2D eigenvalue weighted by Crippen LogP contribution is 2.28. The first-order valence-corrected chi connectivity index (χ1v) is 15.1. The van der Waals surface area contributed by atoms with Gasteiger partial charge in [0, 0.05) is 42.5 Å². The number of benzene rings is 3. The van der Waals surface area contributed by atoms with E-state index in [-0.39, 0.29) is 16.7 Å². The van der Waals surface area contributed by atoms with Gasteiger partial charge in [0.1, 0.15) is 0 Å². The summed E-state index contributed by atoms with van der Waals surface area (Å²) in [5.74, 6) is -0.381. The van der Waals surface area contributed by atoms with Crippen LogP contribution in [0.25, 0.3) is 0 Å². The fraction of sp³-hybridized carbons (Fsp3) is 0.345. The van der Waals surface area contributed by atoms with Gasteiger partial charge in [-0.15, -0.1) is 11.8 Å². The molecule has 7 nitrogen and oxygen atoms in total. The second-order valence-corrected chi connectivity index (χ2v) is 13.2. The van der Waals surface area contributed by atoms with Crippen LogP contribution < -0.4 is 9.62 Å². The molecule has 4 rings (SSSR count). The van der Waals surface area contributed by atoms with E-state index in [1.807, 2.05) is 18.2 Å². The van der Waals surface area contributed by atoms with E-state index < -0.39 is 16.2 Å². The monoisotopic (exact) mass is 553 g/mol. The van der Waals surface area contributed by atoms with Crippen molar-refractivity contribution in [1.29, 1.82) is 0 Å². The molecule has 0 aromatic heterocycles. The standard InChI is InChI=1S/C29H35N3O4S2/c1-29(2,3)23-9-11-24(12-10-23)31-16-18-32(19-17-31)38(35,36)30-27-14-13-25(21-26(27)28(33)34)37-20-15-22-7-5-4-6-8-22/h4-14,21,30H,15-20H2,1-3H3,(H,33,34). The second-order valence-electron chi connectivity index (χ2n) is 10.4. The highest BCUT2D eigenvalue weighted by Gasteiger charge is 2.28. The van der Waals surface area contributed by atoms with Gasteiger partial charge in [0.15, 0.2) is 0 Å². The van der Waals surface area contributed by atoms with Gasteiger partial charge in [-0.05, 0) is 53.3 Å². The summed E-state index contributed by atoms with van der Waals surface area (Å²) in [6, 6.07) is 23.3. The van der Waals surface area contributed by atoms with Crippen molar-refractivity contribution in [2.24, 2.45) is 0 Å². The Hall–Kier alpha value is -3.01. The van der Waals surface area contributed by atoms with Crippen molar-refractivity contribution in [2.75, 3.05) is 41.6 Å². The summed E-state index contributed by atoms with van der Waals surface area (Å²) in [6.07, 6.45) is 0.856. The number of carboxylic acid groups (broad SMARTS) is 1. The molecule has 1 fully saturated rings. The average molecular weight is 554 g/mol. The van der Waals surface area contributed by atoms with E-state index in [1.54, 1.807) is 23.9 Å². The molecular formula is C29H35N3O4S2. The number of piperazine rings is 1. The van der Waals surface area contributed by atoms with E-state index >= 15 is 0 Å². The number of rotatable bonds is 9. The number of anilines is 2. The molecular weight excluding hydrogens is 518 g/mol. The van der Waals surface area contributed by atoms with Crippen LogP contribution in [0.2, 0.25) is 0 Å². The van der Waals surface area contributed by atoms with Gasteiger partial charge in [-0.25, -0.2) is 4.79 Å². The Morgan fingerprint density at radius 2 is 1.61 bits per heavy atom. The zero-order valence-electron chi connectivity index (χ0n) is 22.1. The van der Waals surface area contributed by atoms with Crippen LogP contribution in [0.1, 0.15) is 42.3 Å². The second kappa shape index (κ2) is 11.8. The van der Waals surface area contributed by atoms with Crippen LogP contribution in [0.4, 0.5) is 11.4 Å². The third-order valence-electron chi connectivity index (χ3n) is 6.64. The quantitative estimate of drug-likeness (QED) is 0.340. The van der Waals surface area contributed by atoms with Crippen LogP contribution in [0.3, 0.4) is 0 Å². The predicted molar refractivity (Wildman–Crippen MR) is 156 cm³/mol. The molecule has 0 atom stereocenters. The van der Waals surface area contributed by atoms with Crippen molar-refractivity contribution >= 4 is 39.3 Å². The summed E-state index contributed by atoms with van der Waals surface area (Å²) in [4.78, 5) is 14.9. The first-order valence-electron chi connectivity index (χ1n) is 12.7. The molecule has 1 heterocycles. The summed E-state index contributed by atoms with van der Waals surface area (Å²) in [6.45, 7) is 8.25. The molecule has 1 aliphatic rings. The lowest BCUT2D eigenvalue weighted by Gasteiger charge is -2.35. The summed E-state index contributed by atoms with van der Waals surface area (Å²) < 4.78 is 30.2. The molecule has 0 spiro atoms. The van der Waals surface area contributed by atoms with Crippen molar-refractivity contribution in [3.63, 3.8) is 0 Å². The predicted octanol–water partition coefficient (Wildman–Crippen LogP) is 5.50. The molecule has 2 N–H and O–H groups in total. The van der Waals surface area contributed by atoms with Crippen molar-refractivity contribution in [1.82, 2.24) is 4.31 Å². The van der Waals surface area contributed by atoms with Crippen molar-refractivity contribution in [2.45, 2.75) is 37.5 Å². The van der Waals surface area contributed by atoms with Gasteiger partial charge < -0.3 is 10.0 Å². The molecule has 202 valence electrons. The van der Waals surface area contributed by atoms with E-state index in [0.717, 1.165) is 22.8 Å². The Labute approximate surface area is 230 Å². The molecule has 1 aliphatic heterocycles. The molecule has 0 bridgehead atoms. The molecule has 9 heteroatoms. The third-order valence-corrected chi connectivity index (χ3v) is 9.16. The number of nitrogens with zero attached hydrogens (tertiary/aromatic N) is 2. The maximum Gasteiger partial charge on any atom is 0.337 e. The number of hydrogen-bond donors (Lipinski definition) is 2. The van der Waals surface area contributed by atoms with Gasteiger partial charge in [0.25, 0.3) is 0 Å². The molecule has 0 saturated carbocycles. The molecule has 0 aliphatic carbocycles. The zero-order chi connectivity index (χ0) is 27.3. The Bertz CT molecular complexity index is 1350. The van der Waals surface area contributed by atoms with Gasteiger partial charge in [-0.3, -0.25) is 4.72 Å². The van der Waals surface area contributed by atoms with E-state index in [9.17, 15) is 18.3 Å². The fourth-order valence-electron chi connectivity index (χ4n) is 4.37. The molecule has 3 aromatic carbocycles. The van der Waals surface area contributed by atoms with Crippen LogP contribution in [0.5, 0.6) is 0 Å². The van der Waals surface area contributed by atoms with E-state index in [1.165, 1.54) is 21.5 Å². The lowest BCUT2D eigenvalue weighted by molar-refractivity contribution is 0.0697. The molecule has 0 amide bonds. The summed E-state index contributed by atoms with van der Waals surface area (Å²) in [5, 5.41) is 9.77. The number of aromatic carboxylic acids is 1. The summed E-state index contributed by atoms with van der Waals surface area (Å²) in [5.41, 5.74) is 3.62. The van der Waals surface area contributed by atoms with Crippen molar-refractivity contribution in [3.05, 3.63) is 89.5 Å². The Kier molecular flexibility index (Phi) is 8.70. The van der Waals surface area contributed by atoms with Gasteiger partial charge in [0.2, 0.25) is 0 Å². The number of carbonyl (C=O) groups is 1. The van der Waals surface area contributed by atoms with Gasteiger partial charge >= 0.3 is 16.2 Å². The molecule has 0 radical (unpaired) electrons. The van der Waals surface area contributed by atoms with Crippen molar-refractivity contribution in [3.8, 4) is 0 Å². The van der Waals surface area contributed by atoms with Gasteiger partial charge in [-0.2, -0.15) is 12.7 Å². The van der Waals surface area contributed by atoms with Crippen LogP contribution in [0.15, 0.2) is 77.7 Å². The van der Waals surface area contributed by atoms with Gasteiger partial charge in [0.05, 0.1) is 11.3 Å². The summed E-state index contributed by atoms with van der Waals surface area (Å²) >= 11 is 1.55. The SMILES string of the molecule is CC(C)(C)c1ccc(N2CCN(S(=O)(=O)Nc3ccc(SCCc4ccccc4)cc3C(=O)O)CC2)cc1. The van der Waals surface area contributed by atoms with Crippen LogP contribution in [-0.2, 0) is 22.0 Å². The van der Waals surface area contributed by atoms with Crippen LogP contribution >= 0.6 is 11.8 Å². The lowest BCUT2D eigenvalue weighted by Crippen LogP contribution is -2.50. The maximum atomic E-state index is 13.1. The Morgan fingerprint density at radius 1 is 0.947 bits per heavy atom. The smallest absolute Gasteiger partial charge is 0.337 e. The lowest BCUT2D eigenvalue weighted by atomic mass is 9.87. The highest BCUT2D eigenvalue weighted by molar-refractivity contribution is 7.99.